The second-order valence-corrected chi connectivity index (χ2v) is 8.73. The van der Waals surface area contributed by atoms with E-state index in [1.165, 1.54) is 12.8 Å². The van der Waals surface area contributed by atoms with Crippen LogP contribution in [0.1, 0.15) is 110 Å². The van der Waals surface area contributed by atoms with E-state index in [0.717, 1.165) is 70.6 Å². The summed E-state index contributed by atoms with van der Waals surface area (Å²) >= 11 is 0. The molecule has 0 aliphatic heterocycles. The Bertz CT molecular complexity index is 374. The first kappa shape index (κ1) is 28.7. The molecule has 0 amide bonds. The van der Waals surface area contributed by atoms with E-state index in [1.54, 1.807) is 0 Å². The minimum atomic E-state index is -4.15. The van der Waals surface area contributed by atoms with Gasteiger partial charge in [0.2, 0.25) is 0 Å². The van der Waals surface area contributed by atoms with E-state index in [1.807, 2.05) is 6.92 Å². The molecule has 0 aromatic carbocycles. The predicted molar refractivity (Wildman–Crippen MR) is 100 cm³/mol. The van der Waals surface area contributed by atoms with Crippen molar-refractivity contribution in [3.8, 4) is 0 Å². The van der Waals surface area contributed by atoms with E-state index < -0.39 is 15.4 Å². The van der Waals surface area contributed by atoms with E-state index >= 15 is 0 Å². The maximum Gasteiger partial charge on any atom is 1.00 e. The van der Waals surface area contributed by atoms with Crippen LogP contribution in [0.5, 0.6) is 0 Å². The second-order valence-electron chi connectivity index (χ2n) is 7.08. The van der Waals surface area contributed by atoms with Crippen molar-refractivity contribution < 1.29 is 69.5 Å². The molecule has 0 bridgehead atoms. The Morgan fingerprint density at radius 2 is 1.16 bits per heavy atom. The standard InChI is InChI=1S/C19H40O4S.K/c1-3-5-6-9-13-16-19(24(21,22)23)17-14-11-8-7-10-12-15-18(20)4-2;/h18-20H,3-17H2,1-2H3,(H,21,22,23);/q;+1/p-1. The summed E-state index contributed by atoms with van der Waals surface area (Å²) < 4.78 is 34.1. The number of rotatable bonds is 17. The van der Waals surface area contributed by atoms with Crippen molar-refractivity contribution in [3.63, 3.8) is 0 Å². The molecule has 0 aromatic heterocycles. The summed E-state index contributed by atoms with van der Waals surface area (Å²) in [5.41, 5.74) is 0. The number of hydrogen-bond donors (Lipinski definition) is 1. The fourth-order valence-electron chi connectivity index (χ4n) is 3.07. The molecule has 2 atom stereocenters. The van der Waals surface area contributed by atoms with Crippen molar-refractivity contribution in [3.05, 3.63) is 0 Å². The van der Waals surface area contributed by atoms with Gasteiger partial charge < -0.3 is 9.66 Å². The average molecular weight is 403 g/mol. The van der Waals surface area contributed by atoms with Crippen LogP contribution in [0.4, 0.5) is 0 Å². The zero-order valence-corrected chi connectivity index (χ0v) is 20.8. The summed E-state index contributed by atoms with van der Waals surface area (Å²) in [6.45, 7) is 4.14. The van der Waals surface area contributed by atoms with E-state index in [-0.39, 0.29) is 57.5 Å². The molecule has 146 valence electrons. The molecular formula is C19H39KO4S. The summed E-state index contributed by atoms with van der Waals surface area (Å²) in [5, 5.41) is 8.79. The molecule has 0 aliphatic carbocycles. The van der Waals surface area contributed by atoms with Crippen molar-refractivity contribution in [1.29, 1.82) is 0 Å². The SMILES string of the molecule is CCCCCCCC(CCCCCCCCC(O)CC)S(=O)(=O)[O-].[K+]. The Morgan fingerprint density at radius 3 is 1.56 bits per heavy atom. The third-order valence-corrected chi connectivity index (χ3v) is 6.11. The van der Waals surface area contributed by atoms with Gasteiger partial charge in [-0.05, 0) is 25.7 Å². The Hall–Kier alpha value is 1.51. The average Bonchev–Trinajstić information content (AvgIpc) is 2.53. The van der Waals surface area contributed by atoms with Crippen molar-refractivity contribution in [2.75, 3.05) is 0 Å². The fraction of sp³-hybridized carbons (Fsp3) is 1.00. The zero-order chi connectivity index (χ0) is 18.3. The number of aliphatic hydroxyl groups excluding tert-OH is 1. The van der Waals surface area contributed by atoms with Crippen LogP contribution in [0.15, 0.2) is 0 Å². The molecule has 2 unspecified atom stereocenters. The smallest absolute Gasteiger partial charge is 0.748 e. The second kappa shape index (κ2) is 18.9. The van der Waals surface area contributed by atoms with Crippen LogP contribution in [-0.2, 0) is 10.1 Å². The van der Waals surface area contributed by atoms with Crippen LogP contribution in [-0.4, -0.2) is 29.4 Å². The van der Waals surface area contributed by atoms with E-state index in [4.69, 9.17) is 0 Å². The molecule has 25 heavy (non-hydrogen) atoms. The normalized spacial score (nSPS) is 14.1. The maximum absolute atomic E-state index is 11.4. The molecule has 0 saturated heterocycles. The van der Waals surface area contributed by atoms with Gasteiger partial charge in [-0.2, -0.15) is 0 Å². The number of aliphatic hydroxyl groups is 1. The third-order valence-electron chi connectivity index (χ3n) is 4.82. The Kier molecular flexibility index (Phi) is 21.7. The zero-order valence-electron chi connectivity index (χ0n) is 16.8. The molecule has 0 saturated carbocycles. The Balaban J connectivity index is 0. The van der Waals surface area contributed by atoms with Crippen LogP contribution in [0.3, 0.4) is 0 Å². The summed E-state index contributed by atoms with van der Waals surface area (Å²) in [4.78, 5) is 0. The molecule has 6 heteroatoms. The molecule has 0 aromatic rings. The monoisotopic (exact) mass is 402 g/mol. The Labute approximate surface area is 199 Å². The largest absolute Gasteiger partial charge is 1.00 e. The minimum Gasteiger partial charge on any atom is -0.748 e. The van der Waals surface area contributed by atoms with Gasteiger partial charge in [-0.25, -0.2) is 8.42 Å². The summed E-state index contributed by atoms with van der Waals surface area (Å²) in [6, 6.07) is 0. The molecule has 0 rings (SSSR count). The quantitative estimate of drug-likeness (QED) is 0.230. The number of hydrogen-bond acceptors (Lipinski definition) is 4. The van der Waals surface area contributed by atoms with E-state index in [9.17, 15) is 18.1 Å². The number of unbranched alkanes of at least 4 members (excludes halogenated alkanes) is 9. The van der Waals surface area contributed by atoms with Gasteiger partial charge >= 0.3 is 51.4 Å². The molecule has 0 aliphatic rings. The topological polar surface area (TPSA) is 77.4 Å². The summed E-state index contributed by atoms with van der Waals surface area (Å²) in [5.74, 6) is 0. The third kappa shape index (κ3) is 18.6. The van der Waals surface area contributed by atoms with Gasteiger partial charge in [0.15, 0.2) is 0 Å². The van der Waals surface area contributed by atoms with E-state index in [0.29, 0.717) is 12.8 Å². The van der Waals surface area contributed by atoms with Crippen molar-refractivity contribution in [2.24, 2.45) is 0 Å². The summed E-state index contributed by atoms with van der Waals surface area (Å²) in [7, 11) is -4.15. The van der Waals surface area contributed by atoms with E-state index in [2.05, 4.69) is 6.92 Å². The van der Waals surface area contributed by atoms with Gasteiger partial charge in [-0.1, -0.05) is 84.5 Å². The van der Waals surface area contributed by atoms with Gasteiger partial charge in [0, 0.05) is 5.25 Å². The first-order valence-corrected chi connectivity index (χ1v) is 11.5. The van der Waals surface area contributed by atoms with Crippen LogP contribution in [0, 0.1) is 0 Å². The van der Waals surface area contributed by atoms with Gasteiger partial charge in [0.05, 0.1) is 16.2 Å². The molecule has 0 heterocycles. The maximum atomic E-state index is 11.4. The van der Waals surface area contributed by atoms with Crippen LogP contribution < -0.4 is 51.4 Å². The van der Waals surface area contributed by atoms with Gasteiger partial charge in [-0.3, -0.25) is 0 Å². The van der Waals surface area contributed by atoms with Gasteiger partial charge in [-0.15, -0.1) is 0 Å². The summed E-state index contributed by atoms with van der Waals surface area (Å²) in [6.07, 6.45) is 14.2. The van der Waals surface area contributed by atoms with Crippen LogP contribution >= 0.6 is 0 Å². The van der Waals surface area contributed by atoms with Crippen LogP contribution in [0.2, 0.25) is 0 Å². The van der Waals surface area contributed by atoms with Crippen molar-refractivity contribution in [1.82, 2.24) is 0 Å². The van der Waals surface area contributed by atoms with Crippen molar-refractivity contribution >= 4 is 10.1 Å². The molecule has 0 fully saturated rings. The molecular weight excluding hydrogens is 363 g/mol. The fourth-order valence-corrected chi connectivity index (χ4v) is 3.98. The molecule has 0 spiro atoms. The molecule has 4 nitrogen and oxygen atoms in total. The molecule has 1 N–H and O–H groups in total. The minimum absolute atomic E-state index is 0. The predicted octanol–water partition coefficient (Wildman–Crippen LogP) is 2.16. The Morgan fingerprint density at radius 1 is 0.760 bits per heavy atom. The van der Waals surface area contributed by atoms with Crippen LogP contribution in [0.25, 0.3) is 0 Å². The van der Waals surface area contributed by atoms with Gasteiger partial charge in [0.25, 0.3) is 0 Å². The van der Waals surface area contributed by atoms with Crippen molar-refractivity contribution in [2.45, 2.75) is 122 Å². The van der Waals surface area contributed by atoms with Gasteiger partial charge in [0.1, 0.15) is 0 Å². The molecule has 0 radical (unpaired) electrons. The first-order valence-electron chi connectivity index (χ1n) is 10.0. The first-order chi connectivity index (χ1) is 11.4.